The number of nitrogens with two attached hydrogens (primary N) is 1. The summed E-state index contributed by atoms with van der Waals surface area (Å²) in [6.45, 7) is 7.66. The Hall–Kier alpha value is -1.84. The summed E-state index contributed by atoms with van der Waals surface area (Å²) in [4.78, 5) is 25.4. The van der Waals surface area contributed by atoms with Crippen LogP contribution in [0.5, 0.6) is 0 Å². The molecule has 1 aromatic rings. The predicted octanol–water partition coefficient (Wildman–Crippen LogP) is 2.39. The van der Waals surface area contributed by atoms with E-state index in [0.29, 0.717) is 19.4 Å². The van der Waals surface area contributed by atoms with Crippen molar-refractivity contribution in [1.29, 1.82) is 0 Å². The van der Waals surface area contributed by atoms with Crippen LogP contribution in [0.4, 0.5) is 0 Å². The standard InChI is InChI=1S/C18H26N2O2/c1-13-4-6-15(7-5-13)18(2,3)11-17(22)20-9-8-14(12-20)10-16(19)21/h4-7,14H,8-12H2,1-3H3,(H2,19,21). The topological polar surface area (TPSA) is 63.4 Å². The van der Waals surface area contributed by atoms with E-state index >= 15 is 0 Å². The Bertz CT molecular complexity index is 549. The van der Waals surface area contributed by atoms with Crippen LogP contribution in [-0.2, 0) is 15.0 Å². The third-order valence-corrected chi connectivity index (χ3v) is 4.55. The molecule has 1 heterocycles. The first kappa shape index (κ1) is 16.5. The Labute approximate surface area is 132 Å². The predicted molar refractivity (Wildman–Crippen MR) is 87.3 cm³/mol. The van der Waals surface area contributed by atoms with E-state index < -0.39 is 0 Å². The Morgan fingerprint density at radius 2 is 1.91 bits per heavy atom. The molecule has 1 aromatic carbocycles. The van der Waals surface area contributed by atoms with Crippen molar-refractivity contribution >= 4 is 11.8 Å². The maximum atomic E-state index is 12.5. The third-order valence-electron chi connectivity index (χ3n) is 4.55. The summed E-state index contributed by atoms with van der Waals surface area (Å²) in [6.07, 6.45) is 1.74. The van der Waals surface area contributed by atoms with Gasteiger partial charge in [0.2, 0.25) is 11.8 Å². The van der Waals surface area contributed by atoms with Gasteiger partial charge < -0.3 is 10.6 Å². The average molecular weight is 302 g/mol. The second kappa shape index (κ2) is 6.51. The van der Waals surface area contributed by atoms with Crippen molar-refractivity contribution in [2.24, 2.45) is 11.7 Å². The Morgan fingerprint density at radius 1 is 1.27 bits per heavy atom. The summed E-state index contributed by atoms with van der Waals surface area (Å²) in [5.74, 6) is 0.112. The van der Waals surface area contributed by atoms with E-state index in [0.717, 1.165) is 13.0 Å². The van der Waals surface area contributed by atoms with Crippen LogP contribution in [-0.4, -0.2) is 29.8 Å². The molecule has 1 atom stereocenters. The van der Waals surface area contributed by atoms with Crippen molar-refractivity contribution < 1.29 is 9.59 Å². The Balaban J connectivity index is 1.96. The molecule has 4 heteroatoms. The highest BCUT2D eigenvalue weighted by atomic mass is 16.2. The second-order valence-electron chi connectivity index (χ2n) is 7.09. The maximum Gasteiger partial charge on any atom is 0.223 e. The number of aryl methyl sites for hydroxylation is 1. The minimum Gasteiger partial charge on any atom is -0.370 e. The van der Waals surface area contributed by atoms with Crippen LogP contribution < -0.4 is 5.73 Å². The van der Waals surface area contributed by atoms with Gasteiger partial charge in [0, 0.05) is 25.9 Å². The van der Waals surface area contributed by atoms with Gasteiger partial charge in [0.1, 0.15) is 0 Å². The number of primary amides is 1. The van der Waals surface area contributed by atoms with Gasteiger partial charge in [-0.3, -0.25) is 9.59 Å². The molecule has 22 heavy (non-hydrogen) atoms. The van der Waals surface area contributed by atoms with Crippen LogP contribution in [0.25, 0.3) is 0 Å². The molecule has 1 saturated heterocycles. The minimum absolute atomic E-state index is 0.164. The highest BCUT2D eigenvalue weighted by molar-refractivity contribution is 5.78. The Morgan fingerprint density at radius 3 is 2.50 bits per heavy atom. The van der Waals surface area contributed by atoms with Crippen molar-refractivity contribution in [3.8, 4) is 0 Å². The molecule has 2 N–H and O–H groups in total. The molecule has 120 valence electrons. The molecule has 1 fully saturated rings. The molecule has 2 rings (SSSR count). The first-order valence-corrected chi connectivity index (χ1v) is 7.91. The SMILES string of the molecule is Cc1ccc(C(C)(C)CC(=O)N2CCC(CC(N)=O)C2)cc1. The molecular weight excluding hydrogens is 276 g/mol. The fraction of sp³-hybridized carbons (Fsp3) is 0.556. The van der Waals surface area contributed by atoms with Gasteiger partial charge in [-0.1, -0.05) is 43.7 Å². The van der Waals surface area contributed by atoms with Gasteiger partial charge >= 0.3 is 0 Å². The smallest absolute Gasteiger partial charge is 0.223 e. The van der Waals surface area contributed by atoms with Crippen molar-refractivity contribution in [3.05, 3.63) is 35.4 Å². The molecule has 1 aliphatic rings. The molecule has 0 saturated carbocycles. The van der Waals surface area contributed by atoms with Crippen molar-refractivity contribution in [3.63, 3.8) is 0 Å². The fourth-order valence-electron chi connectivity index (χ4n) is 3.11. The lowest BCUT2D eigenvalue weighted by Crippen LogP contribution is -2.34. The summed E-state index contributed by atoms with van der Waals surface area (Å²) in [5, 5.41) is 0. The molecular formula is C18H26N2O2. The van der Waals surface area contributed by atoms with E-state index in [9.17, 15) is 9.59 Å². The van der Waals surface area contributed by atoms with E-state index in [1.54, 1.807) is 0 Å². The first-order chi connectivity index (χ1) is 10.3. The number of benzene rings is 1. The maximum absolute atomic E-state index is 12.5. The molecule has 0 bridgehead atoms. The van der Waals surface area contributed by atoms with E-state index in [1.165, 1.54) is 11.1 Å². The number of rotatable bonds is 5. The van der Waals surface area contributed by atoms with E-state index in [1.807, 2.05) is 4.90 Å². The average Bonchev–Trinajstić information content (AvgIpc) is 2.86. The first-order valence-electron chi connectivity index (χ1n) is 7.91. The molecule has 0 radical (unpaired) electrons. The lowest BCUT2D eigenvalue weighted by Gasteiger charge is -2.27. The van der Waals surface area contributed by atoms with Crippen LogP contribution in [0, 0.1) is 12.8 Å². The zero-order chi connectivity index (χ0) is 16.3. The number of carbonyl (C=O) groups excluding carboxylic acids is 2. The summed E-state index contributed by atoms with van der Waals surface area (Å²) in [7, 11) is 0. The molecule has 0 aromatic heterocycles. The van der Waals surface area contributed by atoms with Gasteiger partial charge in [-0.25, -0.2) is 0 Å². The van der Waals surface area contributed by atoms with Gasteiger partial charge in [-0.05, 0) is 30.2 Å². The normalized spacial score (nSPS) is 18.5. The van der Waals surface area contributed by atoms with Crippen LogP contribution in [0.2, 0.25) is 0 Å². The molecule has 4 nitrogen and oxygen atoms in total. The van der Waals surface area contributed by atoms with Crippen LogP contribution in [0.1, 0.15) is 44.2 Å². The van der Waals surface area contributed by atoms with Crippen molar-refractivity contribution in [2.45, 2.75) is 45.4 Å². The number of amides is 2. The van der Waals surface area contributed by atoms with Crippen LogP contribution in [0.15, 0.2) is 24.3 Å². The summed E-state index contributed by atoms with van der Waals surface area (Å²) < 4.78 is 0. The quantitative estimate of drug-likeness (QED) is 0.907. The largest absolute Gasteiger partial charge is 0.370 e. The third kappa shape index (κ3) is 4.09. The van der Waals surface area contributed by atoms with E-state index in [2.05, 4.69) is 45.0 Å². The Kier molecular flexibility index (Phi) is 4.89. The fourth-order valence-corrected chi connectivity index (χ4v) is 3.11. The number of likely N-dealkylation sites (tertiary alicyclic amines) is 1. The minimum atomic E-state index is -0.278. The van der Waals surface area contributed by atoms with Crippen molar-refractivity contribution in [2.75, 3.05) is 13.1 Å². The number of nitrogens with zero attached hydrogens (tertiary/aromatic N) is 1. The zero-order valence-electron chi connectivity index (χ0n) is 13.8. The van der Waals surface area contributed by atoms with Crippen molar-refractivity contribution in [1.82, 2.24) is 4.90 Å². The molecule has 1 unspecified atom stereocenters. The zero-order valence-corrected chi connectivity index (χ0v) is 13.8. The summed E-state index contributed by atoms with van der Waals surface area (Å²) >= 11 is 0. The van der Waals surface area contributed by atoms with E-state index in [-0.39, 0.29) is 23.1 Å². The highest BCUT2D eigenvalue weighted by Crippen LogP contribution is 2.29. The van der Waals surface area contributed by atoms with Gasteiger partial charge in [-0.2, -0.15) is 0 Å². The molecule has 0 aliphatic carbocycles. The molecule has 2 amide bonds. The van der Waals surface area contributed by atoms with Crippen LogP contribution >= 0.6 is 0 Å². The van der Waals surface area contributed by atoms with Gasteiger partial charge in [0.25, 0.3) is 0 Å². The lowest BCUT2D eigenvalue weighted by molar-refractivity contribution is -0.131. The van der Waals surface area contributed by atoms with Gasteiger partial charge in [-0.15, -0.1) is 0 Å². The van der Waals surface area contributed by atoms with Gasteiger partial charge in [0.05, 0.1) is 0 Å². The number of hydrogen-bond acceptors (Lipinski definition) is 2. The second-order valence-corrected chi connectivity index (χ2v) is 7.09. The molecule has 0 spiro atoms. The number of hydrogen-bond donors (Lipinski definition) is 1. The number of carbonyl (C=O) groups is 2. The van der Waals surface area contributed by atoms with Crippen LogP contribution in [0.3, 0.4) is 0 Å². The van der Waals surface area contributed by atoms with Gasteiger partial charge in [0.15, 0.2) is 0 Å². The molecule has 1 aliphatic heterocycles. The summed E-state index contributed by atoms with van der Waals surface area (Å²) in [6, 6.07) is 8.37. The highest BCUT2D eigenvalue weighted by Gasteiger charge is 2.31. The lowest BCUT2D eigenvalue weighted by atomic mass is 9.81. The monoisotopic (exact) mass is 302 g/mol. The summed E-state index contributed by atoms with van der Waals surface area (Å²) in [5.41, 5.74) is 7.46. The van der Waals surface area contributed by atoms with E-state index in [4.69, 9.17) is 5.73 Å².